The van der Waals surface area contributed by atoms with Gasteiger partial charge < -0.3 is 4.74 Å². The topological polar surface area (TPSA) is 66.8 Å². The first kappa shape index (κ1) is 23.2. The van der Waals surface area contributed by atoms with Crippen LogP contribution in [0.15, 0.2) is 42.5 Å². The minimum absolute atomic E-state index is 0.254. The van der Waals surface area contributed by atoms with Crippen molar-refractivity contribution < 1.29 is 18.9 Å². The summed E-state index contributed by atoms with van der Waals surface area (Å²) in [5.41, 5.74) is 0.544. The summed E-state index contributed by atoms with van der Waals surface area (Å²) in [6.45, 7) is 3.72. The lowest BCUT2D eigenvalue weighted by atomic mass is 9.78. The van der Waals surface area contributed by atoms with Gasteiger partial charge in [-0.1, -0.05) is 56.3 Å². The molecule has 1 aromatic rings. The summed E-state index contributed by atoms with van der Waals surface area (Å²) >= 11 is 0. The number of carbonyl (C=O) groups is 1. The van der Waals surface area contributed by atoms with Crippen LogP contribution in [-0.2, 0) is 26.1 Å². The molecule has 2 bridgehead atoms. The van der Waals surface area contributed by atoms with Crippen molar-refractivity contribution in [2.24, 2.45) is 17.3 Å². The molecule has 1 unspecified atom stereocenters. The Morgan fingerprint density at radius 1 is 1.20 bits per heavy atom. The molecule has 0 saturated carbocycles. The van der Waals surface area contributed by atoms with Gasteiger partial charge in [0.15, 0.2) is 0 Å². The fraction of sp³-hybridized carbons (Fsp3) is 0.625. The number of fused-ring (bicyclic) bond motifs is 2. The Morgan fingerprint density at radius 2 is 1.87 bits per heavy atom. The lowest BCUT2D eigenvalue weighted by Crippen LogP contribution is -2.36. The van der Waals surface area contributed by atoms with E-state index >= 15 is 0 Å². The fourth-order valence-corrected chi connectivity index (χ4v) is 6.40. The van der Waals surface area contributed by atoms with Gasteiger partial charge in [0, 0.05) is 40.7 Å². The molecule has 2 saturated heterocycles. The van der Waals surface area contributed by atoms with Crippen molar-refractivity contribution in [3.05, 3.63) is 48.0 Å². The van der Waals surface area contributed by atoms with E-state index < -0.39 is 16.2 Å². The van der Waals surface area contributed by atoms with Gasteiger partial charge in [-0.2, -0.15) is 0 Å². The van der Waals surface area contributed by atoms with E-state index in [0.717, 1.165) is 31.2 Å². The highest BCUT2D eigenvalue weighted by Gasteiger charge is 2.48. The molecule has 1 amide bonds. The predicted molar refractivity (Wildman–Crippen MR) is 119 cm³/mol. The molecule has 2 aliphatic heterocycles. The van der Waals surface area contributed by atoms with E-state index in [1.54, 1.807) is 0 Å². The van der Waals surface area contributed by atoms with E-state index in [1.807, 2.05) is 44.2 Å². The van der Waals surface area contributed by atoms with E-state index in [0.29, 0.717) is 40.9 Å². The average Bonchev–Trinajstić information content (AvgIpc) is 3.30. The van der Waals surface area contributed by atoms with Crippen LogP contribution in [0.25, 0.3) is 0 Å². The number of benzene rings is 1. The summed E-state index contributed by atoms with van der Waals surface area (Å²) < 4.78 is 18.9. The molecule has 2 aliphatic rings. The molecule has 30 heavy (non-hydrogen) atoms. The highest BCUT2D eigenvalue weighted by Crippen LogP contribution is 2.45. The third-order valence-electron chi connectivity index (χ3n) is 6.52. The molecular weight excluding hydrogens is 398 g/mol. The SMILES string of the molecule is CN(O)C(=O)C(C)(C)CCC=CC[C@@H]1[C@H](CS(=O)Cc2ccccc2)[C@@H]2CC[C@H]1O2. The Kier molecular flexibility index (Phi) is 7.88. The molecule has 0 aromatic heterocycles. The summed E-state index contributed by atoms with van der Waals surface area (Å²) in [6.07, 6.45) is 9.48. The molecule has 3 rings (SSSR count). The summed E-state index contributed by atoms with van der Waals surface area (Å²) in [6, 6.07) is 10.0. The number of hydrogen-bond donors (Lipinski definition) is 1. The van der Waals surface area contributed by atoms with Gasteiger partial charge in [-0.3, -0.25) is 14.2 Å². The average molecular weight is 434 g/mol. The van der Waals surface area contributed by atoms with Crippen molar-refractivity contribution in [3.63, 3.8) is 0 Å². The van der Waals surface area contributed by atoms with Crippen LogP contribution < -0.4 is 0 Å². The lowest BCUT2D eigenvalue weighted by Gasteiger charge is -2.27. The van der Waals surface area contributed by atoms with E-state index in [2.05, 4.69) is 12.2 Å². The van der Waals surface area contributed by atoms with Gasteiger partial charge in [0.05, 0.1) is 12.2 Å². The minimum atomic E-state index is -0.884. The molecule has 0 aliphatic carbocycles. The number of rotatable bonds is 10. The molecule has 166 valence electrons. The lowest BCUT2D eigenvalue weighted by molar-refractivity contribution is -0.169. The van der Waals surface area contributed by atoms with Gasteiger partial charge in [-0.05, 0) is 43.6 Å². The van der Waals surface area contributed by atoms with E-state index in [9.17, 15) is 14.2 Å². The zero-order valence-corrected chi connectivity index (χ0v) is 19.1. The van der Waals surface area contributed by atoms with Crippen LogP contribution in [0.4, 0.5) is 0 Å². The summed E-state index contributed by atoms with van der Waals surface area (Å²) in [5, 5.41) is 10.1. The van der Waals surface area contributed by atoms with Gasteiger partial charge in [-0.25, -0.2) is 5.06 Å². The van der Waals surface area contributed by atoms with Gasteiger partial charge in [0.2, 0.25) is 0 Å². The van der Waals surface area contributed by atoms with Crippen LogP contribution in [0.1, 0.15) is 51.5 Å². The van der Waals surface area contributed by atoms with Gasteiger partial charge in [-0.15, -0.1) is 0 Å². The normalized spacial score (nSPS) is 26.9. The fourth-order valence-electron chi connectivity index (χ4n) is 4.82. The molecular formula is C24H35NO4S. The zero-order valence-electron chi connectivity index (χ0n) is 18.3. The minimum Gasteiger partial charge on any atom is -0.374 e. The second-order valence-electron chi connectivity index (χ2n) is 9.31. The summed E-state index contributed by atoms with van der Waals surface area (Å²) in [7, 11) is 0.488. The van der Waals surface area contributed by atoms with Gasteiger partial charge in [0.1, 0.15) is 0 Å². The highest BCUT2D eigenvalue weighted by molar-refractivity contribution is 7.84. The molecule has 5 nitrogen and oxygen atoms in total. The number of amides is 1. The van der Waals surface area contributed by atoms with Crippen molar-refractivity contribution >= 4 is 16.7 Å². The van der Waals surface area contributed by atoms with Crippen molar-refractivity contribution in [3.8, 4) is 0 Å². The maximum absolute atomic E-state index is 12.8. The third-order valence-corrected chi connectivity index (χ3v) is 7.93. The number of hydrogen-bond acceptors (Lipinski definition) is 4. The maximum Gasteiger partial charge on any atom is 0.251 e. The molecule has 2 fully saturated rings. The quantitative estimate of drug-likeness (QED) is 0.339. The Balaban J connectivity index is 1.50. The predicted octanol–water partition coefficient (Wildman–Crippen LogP) is 4.33. The van der Waals surface area contributed by atoms with Crippen molar-refractivity contribution in [2.75, 3.05) is 12.8 Å². The summed E-state index contributed by atoms with van der Waals surface area (Å²) in [5.74, 6) is 1.84. The van der Waals surface area contributed by atoms with Crippen LogP contribution in [0.3, 0.4) is 0 Å². The molecule has 1 aromatic carbocycles. The second kappa shape index (κ2) is 10.2. The third kappa shape index (κ3) is 5.80. The number of ether oxygens (including phenoxy) is 1. The summed E-state index contributed by atoms with van der Waals surface area (Å²) in [4.78, 5) is 12.0. The van der Waals surface area contributed by atoms with Crippen LogP contribution in [-0.4, -0.2) is 45.4 Å². The first-order valence-electron chi connectivity index (χ1n) is 10.9. The Morgan fingerprint density at radius 3 is 2.53 bits per heavy atom. The van der Waals surface area contributed by atoms with Crippen LogP contribution in [0.5, 0.6) is 0 Å². The van der Waals surface area contributed by atoms with E-state index in [4.69, 9.17) is 4.74 Å². The molecule has 0 radical (unpaired) electrons. The first-order valence-corrected chi connectivity index (χ1v) is 12.4. The monoisotopic (exact) mass is 433 g/mol. The molecule has 0 spiro atoms. The van der Waals surface area contributed by atoms with Gasteiger partial charge >= 0.3 is 0 Å². The van der Waals surface area contributed by atoms with Crippen LogP contribution in [0, 0.1) is 17.3 Å². The zero-order chi connectivity index (χ0) is 21.7. The molecule has 6 heteroatoms. The van der Waals surface area contributed by atoms with Crippen molar-refractivity contribution in [1.82, 2.24) is 5.06 Å². The Hall–Kier alpha value is -1.50. The number of carbonyl (C=O) groups excluding carboxylic acids is 1. The number of hydroxylamine groups is 2. The first-order chi connectivity index (χ1) is 14.3. The van der Waals surface area contributed by atoms with E-state index in [1.165, 1.54) is 7.05 Å². The van der Waals surface area contributed by atoms with E-state index in [-0.39, 0.29) is 12.0 Å². The van der Waals surface area contributed by atoms with Crippen LogP contribution >= 0.6 is 0 Å². The van der Waals surface area contributed by atoms with Gasteiger partial charge in [0.25, 0.3) is 5.91 Å². The van der Waals surface area contributed by atoms with Crippen LogP contribution in [0.2, 0.25) is 0 Å². The molecule has 2 heterocycles. The smallest absolute Gasteiger partial charge is 0.251 e. The number of nitrogens with zero attached hydrogens (tertiary/aromatic N) is 1. The maximum atomic E-state index is 12.8. The largest absolute Gasteiger partial charge is 0.374 e. The van der Waals surface area contributed by atoms with Crippen molar-refractivity contribution in [2.45, 2.75) is 63.9 Å². The molecule has 5 atom stereocenters. The second-order valence-corrected chi connectivity index (χ2v) is 10.8. The molecule has 1 N–H and O–H groups in total. The van der Waals surface area contributed by atoms with Crippen molar-refractivity contribution in [1.29, 1.82) is 0 Å². The highest BCUT2D eigenvalue weighted by atomic mass is 32.2. The Labute approximate surface area is 182 Å². The Bertz CT molecular complexity index is 762. The standard InChI is InChI=1S/C24H35NO4S/c1-24(2,23(26)25(3)27)15-9-5-8-12-19-20(22-14-13-21(19)29-22)17-30(28)16-18-10-6-4-7-11-18/h4-8,10-11,19-22,27H,9,12-17H2,1-3H3/t19-,20+,21-,22+,30?/m1/s1. The number of allylic oxidation sites excluding steroid dienone is 2.